The zero-order chi connectivity index (χ0) is 35.0. The van der Waals surface area contributed by atoms with Gasteiger partial charge >= 0.3 is 0 Å². The fourth-order valence-electron chi connectivity index (χ4n) is 6.21. The predicted molar refractivity (Wildman–Crippen MR) is 193 cm³/mol. The van der Waals surface area contributed by atoms with Crippen molar-refractivity contribution in [1.82, 2.24) is 20.1 Å². The number of benzene rings is 3. The minimum atomic E-state index is -0.346. The molecule has 11 heteroatoms. The highest BCUT2D eigenvalue weighted by Gasteiger charge is 2.23. The van der Waals surface area contributed by atoms with Crippen LogP contribution in [0.3, 0.4) is 0 Å². The lowest BCUT2D eigenvalue weighted by Crippen LogP contribution is -2.27. The van der Waals surface area contributed by atoms with Crippen LogP contribution in [0.1, 0.15) is 45.5 Å². The Morgan fingerprint density at radius 2 is 1.84 bits per heavy atom. The van der Waals surface area contributed by atoms with Crippen LogP contribution < -0.4 is 24.3 Å². The Kier molecular flexibility index (Phi) is 11.8. The van der Waals surface area contributed by atoms with Crippen LogP contribution in [0.4, 0.5) is 0 Å². The standard InChI is InChI=1S/C39H45ClN4O6/c1-26-29(6-4-7-33(26)28-8-9-35-38(18-28)48-15-14-47-35)25-50-37-19-36(31(17-34(37)40)22-44-13-10-32(45)23-44)49-24-27-16-30(21-41-20-27)39(46)42-11-5-12-43(2)3/h4,6-9,16-21,32,45H,5,10-15,22-25H2,1-3H3,(H,42,46)/t32-/m0/s1. The lowest BCUT2D eigenvalue weighted by Gasteiger charge is -2.21. The van der Waals surface area contributed by atoms with Gasteiger partial charge in [0.05, 0.1) is 16.7 Å². The van der Waals surface area contributed by atoms with Crippen LogP contribution in [0.5, 0.6) is 23.0 Å². The molecule has 1 aromatic heterocycles. The maximum atomic E-state index is 12.8. The average Bonchev–Trinajstić information content (AvgIpc) is 3.53. The second-order valence-corrected chi connectivity index (χ2v) is 13.5. The molecule has 50 heavy (non-hydrogen) atoms. The minimum absolute atomic E-state index is 0.165. The summed E-state index contributed by atoms with van der Waals surface area (Å²) < 4.78 is 24.3. The number of halogens is 1. The summed E-state index contributed by atoms with van der Waals surface area (Å²) in [6, 6.07) is 17.7. The highest BCUT2D eigenvalue weighted by Crippen LogP contribution is 2.38. The number of hydrogen-bond acceptors (Lipinski definition) is 9. The molecular weight excluding hydrogens is 656 g/mol. The van der Waals surface area contributed by atoms with Crippen molar-refractivity contribution < 1.29 is 28.8 Å². The molecule has 1 saturated heterocycles. The van der Waals surface area contributed by atoms with Crippen LogP contribution in [0.25, 0.3) is 11.1 Å². The number of hydrogen-bond donors (Lipinski definition) is 2. The van der Waals surface area contributed by atoms with E-state index >= 15 is 0 Å². The number of nitrogens with one attached hydrogen (secondary N) is 1. The number of fused-ring (bicyclic) bond motifs is 1. The number of ether oxygens (including phenoxy) is 4. The molecule has 0 bridgehead atoms. The largest absolute Gasteiger partial charge is 0.488 e. The van der Waals surface area contributed by atoms with Crippen molar-refractivity contribution in [3.63, 3.8) is 0 Å². The maximum Gasteiger partial charge on any atom is 0.252 e. The fourth-order valence-corrected chi connectivity index (χ4v) is 6.45. The third kappa shape index (κ3) is 9.05. The summed E-state index contributed by atoms with van der Waals surface area (Å²) in [7, 11) is 4.02. The third-order valence-corrected chi connectivity index (χ3v) is 9.25. The van der Waals surface area contributed by atoms with E-state index in [0.717, 1.165) is 70.8 Å². The molecule has 1 fully saturated rings. The molecular formula is C39H45ClN4O6. The van der Waals surface area contributed by atoms with Gasteiger partial charge in [-0.2, -0.15) is 0 Å². The molecule has 4 aromatic rings. The summed E-state index contributed by atoms with van der Waals surface area (Å²) in [6.07, 6.45) is 4.50. The maximum absolute atomic E-state index is 12.8. The predicted octanol–water partition coefficient (Wildman–Crippen LogP) is 5.89. The summed E-state index contributed by atoms with van der Waals surface area (Å²) in [5.74, 6) is 2.46. The molecule has 2 aliphatic rings. The Hall–Kier alpha value is -4.35. The molecule has 0 spiro atoms. The zero-order valence-corrected chi connectivity index (χ0v) is 29.7. The number of aliphatic hydroxyl groups excluding tert-OH is 1. The monoisotopic (exact) mass is 700 g/mol. The highest BCUT2D eigenvalue weighted by molar-refractivity contribution is 6.32. The minimum Gasteiger partial charge on any atom is -0.488 e. The molecule has 264 valence electrons. The van der Waals surface area contributed by atoms with Gasteiger partial charge in [0.25, 0.3) is 5.91 Å². The molecule has 6 rings (SSSR count). The summed E-state index contributed by atoms with van der Waals surface area (Å²) in [6.45, 7) is 7.08. The first-order valence-electron chi connectivity index (χ1n) is 17.1. The molecule has 0 aliphatic carbocycles. The zero-order valence-electron chi connectivity index (χ0n) is 28.9. The molecule has 2 N–H and O–H groups in total. The van der Waals surface area contributed by atoms with Crippen LogP contribution in [0.15, 0.2) is 67.0 Å². The van der Waals surface area contributed by atoms with Gasteiger partial charge in [-0.1, -0.05) is 35.9 Å². The normalized spacial score (nSPS) is 15.7. The number of carbonyl (C=O) groups excluding carboxylic acids is 1. The van der Waals surface area contributed by atoms with Crippen LogP contribution >= 0.6 is 11.6 Å². The van der Waals surface area contributed by atoms with Gasteiger partial charge in [-0.15, -0.1) is 0 Å². The summed E-state index contributed by atoms with van der Waals surface area (Å²) in [4.78, 5) is 21.3. The third-order valence-electron chi connectivity index (χ3n) is 8.96. The highest BCUT2D eigenvalue weighted by atomic mass is 35.5. The number of amides is 1. The van der Waals surface area contributed by atoms with Gasteiger partial charge in [-0.05, 0) is 86.9 Å². The van der Waals surface area contributed by atoms with Crippen molar-refractivity contribution in [2.24, 2.45) is 0 Å². The number of likely N-dealkylation sites (tertiary alicyclic amines) is 1. The quantitative estimate of drug-likeness (QED) is 0.156. The van der Waals surface area contributed by atoms with Gasteiger partial charge in [0, 0.05) is 55.8 Å². The van der Waals surface area contributed by atoms with Gasteiger partial charge in [0.15, 0.2) is 11.5 Å². The van der Waals surface area contributed by atoms with Gasteiger partial charge in [0.2, 0.25) is 0 Å². The molecule has 10 nitrogen and oxygen atoms in total. The van der Waals surface area contributed by atoms with Crippen molar-refractivity contribution in [3.05, 3.63) is 99.8 Å². The Morgan fingerprint density at radius 3 is 2.64 bits per heavy atom. The summed E-state index contributed by atoms with van der Waals surface area (Å²) in [5.41, 5.74) is 6.37. The van der Waals surface area contributed by atoms with Crippen LogP contribution in [0, 0.1) is 6.92 Å². The van der Waals surface area contributed by atoms with Crippen molar-refractivity contribution in [1.29, 1.82) is 0 Å². The van der Waals surface area contributed by atoms with Gasteiger partial charge in [-0.25, -0.2) is 0 Å². The molecule has 3 heterocycles. The van der Waals surface area contributed by atoms with Crippen LogP contribution in [-0.4, -0.2) is 85.4 Å². The number of pyridine rings is 1. The van der Waals surface area contributed by atoms with E-state index in [1.165, 1.54) is 0 Å². The summed E-state index contributed by atoms with van der Waals surface area (Å²) >= 11 is 6.83. The summed E-state index contributed by atoms with van der Waals surface area (Å²) in [5, 5.41) is 13.6. The van der Waals surface area contributed by atoms with E-state index in [-0.39, 0.29) is 18.6 Å². The first-order chi connectivity index (χ1) is 24.2. The van der Waals surface area contributed by atoms with E-state index in [4.69, 9.17) is 30.5 Å². The average molecular weight is 701 g/mol. The number of carbonyl (C=O) groups is 1. The number of rotatable bonds is 14. The topological polar surface area (TPSA) is 106 Å². The molecule has 0 radical (unpaired) electrons. The first-order valence-corrected chi connectivity index (χ1v) is 17.4. The second kappa shape index (κ2) is 16.6. The molecule has 0 saturated carbocycles. The van der Waals surface area contributed by atoms with E-state index < -0.39 is 0 Å². The molecule has 3 aromatic carbocycles. The van der Waals surface area contributed by atoms with Crippen molar-refractivity contribution in [2.45, 2.75) is 45.6 Å². The lowest BCUT2D eigenvalue weighted by atomic mass is 9.96. The van der Waals surface area contributed by atoms with Crippen molar-refractivity contribution >= 4 is 17.5 Å². The van der Waals surface area contributed by atoms with Crippen LogP contribution in [0.2, 0.25) is 5.02 Å². The second-order valence-electron chi connectivity index (χ2n) is 13.1. The number of nitrogens with zero attached hydrogens (tertiary/aromatic N) is 3. The Balaban J connectivity index is 1.18. The Labute approximate surface area is 298 Å². The van der Waals surface area contributed by atoms with Crippen LogP contribution in [-0.2, 0) is 19.8 Å². The van der Waals surface area contributed by atoms with E-state index in [1.54, 1.807) is 18.5 Å². The number of aromatic nitrogens is 1. The molecule has 1 amide bonds. The lowest BCUT2D eigenvalue weighted by molar-refractivity contribution is 0.0951. The van der Waals surface area contributed by atoms with Crippen molar-refractivity contribution in [3.8, 4) is 34.1 Å². The van der Waals surface area contributed by atoms with E-state index in [1.807, 2.05) is 56.6 Å². The Morgan fingerprint density at radius 1 is 1.02 bits per heavy atom. The Bertz CT molecular complexity index is 1800. The van der Waals surface area contributed by atoms with E-state index in [2.05, 4.69) is 33.1 Å². The smallest absolute Gasteiger partial charge is 0.252 e. The fraction of sp³-hybridized carbons (Fsp3) is 0.385. The number of β-amino-alcohol motifs (C(OH)–C–C–N with tert-alkyl or cyclic N) is 1. The van der Waals surface area contributed by atoms with Gasteiger partial charge in [-0.3, -0.25) is 14.7 Å². The molecule has 2 aliphatic heterocycles. The van der Waals surface area contributed by atoms with Crippen molar-refractivity contribution in [2.75, 3.05) is 53.5 Å². The van der Waals surface area contributed by atoms with E-state index in [9.17, 15) is 9.90 Å². The molecule has 1 atom stereocenters. The molecule has 0 unspecified atom stereocenters. The number of aliphatic hydroxyl groups is 1. The van der Waals surface area contributed by atoms with Gasteiger partial charge < -0.3 is 34.3 Å². The SMILES string of the molecule is Cc1c(COc2cc(OCc3cncc(C(=O)NCCCN(C)C)c3)c(CN3CC[C@H](O)C3)cc2Cl)cccc1-c1ccc2c(c1)OCCO2. The van der Waals surface area contributed by atoms with Gasteiger partial charge in [0.1, 0.15) is 37.9 Å². The first kappa shape index (κ1) is 35.5. The van der Waals surface area contributed by atoms with E-state index in [0.29, 0.717) is 61.5 Å².